The van der Waals surface area contributed by atoms with Crippen molar-refractivity contribution in [3.63, 3.8) is 0 Å². The number of hydrogen-bond donors (Lipinski definition) is 0. The van der Waals surface area contributed by atoms with Gasteiger partial charge >= 0.3 is 0 Å². The van der Waals surface area contributed by atoms with E-state index in [1.54, 1.807) is 23.2 Å². The molecule has 1 fully saturated rings. The van der Waals surface area contributed by atoms with Crippen LogP contribution in [-0.2, 0) is 10.0 Å². The van der Waals surface area contributed by atoms with Crippen LogP contribution in [0.15, 0.2) is 65.7 Å². The van der Waals surface area contributed by atoms with Crippen molar-refractivity contribution in [3.8, 4) is 5.75 Å². The molecule has 0 unspecified atom stereocenters. The molecular weight excluding hydrogens is 438 g/mol. The van der Waals surface area contributed by atoms with Crippen molar-refractivity contribution in [1.82, 2.24) is 14.2 Å². The Morgan fingerprint density at radius 1 is 1.03 bits per heavy atom. The van der Waals surface area contributed by atoms with E-state index >= 15 is 0 Å². The second-order valence-corrected chi connectivity index (χ2v) is 9.99. The zero-order valence-corrected chi connectivity index (χ0v) is 19.8. The summed E-state index contributed by atoms with van der Waals surface area (Å²) in [5.41, 5.74) is 1.34. The van der Waals surface area contributed by atoms with Crippen LogP contribution in [0.2, 0.25) is 0 Å². The summed E-state index contributed by atoms with van der Waals surface area (Å²) >= 11 is 0. The molecule has 8 heteroatoms. The molecule has 0 atom stereocenters. The lowest BCUT2D eigenvalue weighted by atomic mass is 10.1. The van der Waals surface area contributed by atoms with Gasteiger partial charge in [-0.05, 0) is 36.4 Å². The molecule has 1 aliphatic heterocycles. The first-order valence-electron chi connectivity index (χ1n) is 11.3. The number of rotatable bonds is 7. The van der Waals surface area contributed by atoms with Gasteiger partial charge in [0.1, 0.15) is 17.4 Å². The quantitative estimate of drug-likeness (QED) is 0.526. The van der Waals surface area contributed by atoms with Crippen LogP contribution in [0.5, 0.6) is 5.75 Å². The minimum Gasteiger partial charge on any atom is -0.488 e. The van der Waals surface area contributed by atoms with E-state index in [1.807, 2.05) is 44.2 Å². The Bertz CT molecular complexity index is 1210. The lowest BCUT2D eigenvalue weighted by Gasteiger charge is -2.32. The number of benzene rings is 2. The number of hydrogen-bond acceptors (Lipinski definition) is 5. The minimum absolute atomic E-state index is 0.0169. The maximum absolute atomic E-state index is 13.0. The summed E-state index contributed by atoms with van der Waals surface area (Å²) in [5.74, 6) is 0.676. The summed E-state index contributed by atoms with van der Waals surface area (Å²) in [6.45, 7) is 5.60. The highest BCUT2D eigenvalue weighted by Gasteiger charge is 2.26. The molecule has 0 spiro atoms. The number of nitrogens with zero attached hydrogens (tertiary/aromatic N) is 3. The zero-order valence-electron chi connectivity index (χ0n) is 19.0. The minimum atomic E-state index is -3.53. The van der Waals surface area contributed by atoms with E-state index in [0.29, 0.717) is 31.7 Å². The standard InChI is InChI=1S/C25H29N3O4S/c1-3-28(4-2)33(30,31)22-12-10-20(11-13-22)25(29)27-17-14-21(15-18-27)32-23-9-5-7-19-8-6-16-26-24(19)23/h5-13,16,21H,3-4,14-15,17-18H2,1-2H3. The number of piperidine rings is 1. The van der Waals surface area contributed by atoms with Crippen LogP contribution in [0.4, 0.5) is 0 Å². The first-order valence-corrected chi connectivity index (χ1v) is 12.8. The molecule has 2 aromatic carbocycles. The summed E-state index contributed by atoms with van der Waals surface area (Å²) in [7, 11) is -3.53. The highest BCUT2D eigenvalue weighted by molar-refractivity contribution is 7.89. The number of likely N-dealkylation sites (tertiary alicyclic amines) is 1. The number of sulfonamides is 1. The molecule has 2 heterocycles. The Hall–Kier alpha value is -2.97. The molecule has 1 aromatic heterocycles. The fraction of sp³-hybridized carbons (Fsp3) is 0.360. The number of para-hydroxylation sites is 1. The molecular formula is C25H29N3O4S. The van der Waals surface area contributed by atoms with Crippen LogP contribution in [0.1, 0.15) is 37.0 Å². The highest BCUT2D eigenvalue weighted by Crippen LogP contribution is 2.27. The van der Waals surface area contributed by atoms with Crippen molar-refractivity contribution in [2.45, 2.75) is 37.7 Å². The third-order valence-electron chi connectivity index (χ3n) is 6.06. The van der Waals surface area contributed by atoms with E-state index in [-0.39, 0.29) is 16.9 Å². The number of aromatic nitrogens is 1. The first-order chi connectivity index (χ1) is 15.9. The van der Waals surface area contributed by atoms with E-state index in [0.717, 1.165) is 29.5 Å². The first kappa shape index (κ1) is 23.2. The normalized spacial score (nSPS) is 15.2. The molecule has 0 N–H and O–H groups in total. The summed E-state index contributed by atoms with van der Waals surface area (Å²) in [5, 5.41) is 1.04. The van der Waals surface area contributed by atoms with E-state index in [1.165, 1.54) is 16.4 Å². The summed E-state index contributed by atoms with van der Waals surface area (Å²) < 4.78 is 32.9. The third-order valence-corrected chi connectivity index (χ3v) is 8.13. The lowest BCUT2D eigenvalue weighted by Crippen LogP contribution is -2.41. The summed E-state index contributed by atoms with van der Waals surface area (Å²) in [4.78, 5) is 19.4. The summed E-state index contributed by atoms with van der Waals surface area (Å²) in [6.07, 6.45) is 3.23. The predicted molar refractivity (Wildman–Crippen MR) is 128 cm³/mol. The average molecular weight is 468 g/mol. The van der Waals surface area contributed by atoms with Crippen LogP contribution in [-0.4, -0.2) is 60.8 Å². The number of amides is 1. The van der Waals surface area contributed by atoms with Crippen molar-refractivity contribution in [2.24, 2.45) is 0 Å². The van der Waals surface area contributed by atoms with Gasteiger partial charge in [-0.25, -0.2) is 8.42 Å². The number of ether oxygens (including phenoxy) is 1. The van der Waals surface area contributed by atoms with E-state index < -0.39 is 10.0 Å². The molecule has 1 saturated heterocycles. The van der Waals surface area contributed by atoms with Crippen LogP contribution in [0.25, 0.3) is 10.9 Å². The van der Waals surface area contributed by atoms with Crippen LogP contribution in [0, 0.1) is 0 Å². The summed E-state index contributed by atoms with van der Waals surface area (Å²) in [6, 6.07) is 16.1. The van der Waals surface area contributed by atoms with Crippen molar-refractivity contribution in [3.05, 3.63) is 66.4 Å². The topological polar surface area (TPSA) is 79.8 Å². The number of pyridine rings is 1. The average Bonchev–Trinajstić information content (AvgIpc) is 2.85. The van der Waals surface area contributed by atoms with Crippen molar-refractivity contribution in [2.75, 3.05) is 26.2 Å². The van der Waals surface area contributed by atoms with E-state index in [4.69, 9.17) is 4.74 Å². The maximum atomic E-state index is 13.0. The predicted octanol–water partition coefficient (Wildman–Crippen LogP) is 3.95. The fourth-order valence-electron chi connectivity index (χ4n) is 4.19. The van der Waals surface area contributed by atoms with Crippen LogP contribution < -0.4 is 4.74 Å². The Labute approximate surface area is 195 Å². The van der Waals surface area contributed by atoms with Gasteiger partial charge in [0.15, 0.2) is 0 Å². The van der Waals surface area contributed by atoms with Crippen LogP contribution in [0.3, 0.4) is 0 Å². The van der Waals surface area contributed by atoms with E-state index in [2.05, 4.69) is 4.98 Å². The Morgan fingerprint density at radius 3 is 2.36 bits per heavy atom. The van der Waals surface area contributed by atoms with Gasteiger partial charge in [0.25, 0.3) is 5.91 Å². The zero-order chi connectivity index (χ0) is 23.4. The molecule has 1 aliphatic rings. The monoisotopic (exact) mass is 467 g/mol. The SMILES string of the molecule is CCN(CC)S(=O)(=O)c1ccc(C(=O)N2CCC(Oc3cccc4cccnc34)CC2)cc1. The van der Waals surface area contributed by atoms with Gasteiger partial charge in [-0.1, -0.05) is 32.0 Å². The number of carbonyl (C=O) groups excluding carboxylic acids is 1. The second kappa shape index (κ2) is 9.89. The van der Waals surface area contributed by atoms with Crippen molar-refractivity contribution < 1.29 is 17.9 Å². The molecule has 174 valence electrons. The highest BCUT2D eigenvalue weighted by atomic mass is 32.2. The fourth-order valence-corrected chi connectivity index (χ4v) is 5.65. The molecule has 3 aromatic rings. The molecule has 33 heavy (non-hydrogen) atoms. The van der Waals surface area contributed by atoms with Gasteiger partial charge in [-0.2, -0.15) is 4.31 Å². The van der Waals surface area contributed by atoms with Gasteiger partial charge in [0, 0.05) is 56.2 Å². The third kappa shape index (κ3) is 4.86. The van der Waals surface area contributed by atoms with Gasteiger partial charge in [-0.3, -0.25) is 9.78 Å². The van der Waals surface area contributed by atoms with E-state index in [9.17, 15) is 13.2 Å². The van der Waals surface area contributed by atoms with Gasteiger partial charge in [-0.15, -0.1) is 0 Å². The molecule has 0 aliphatic carbocycles. The Kier molecular flexibility index (Phi) is 6.95. The smallest absolute Gasteiger partial charge is 0.253 e. The van der Waals surface area contributed by atoms with Gasteiger partial charge in [0.2, 0.25) is 10.0 Å². The molecule has 4 rings (SSSR count). The maximum Gasteiger partial charge on any atom is 0.253 e. The van der Waals surface area contributed by atoms with Gasteiger partial charge in [0.05, 0.1) is 4.90 Å². The van der Waals surface area contributed by atoms with Crippen LogP contribution >= 0.6 is 0 Å². The molecule has 0 radical (unpaired) electrons. The number of fused-ring (bicyclic) bond motifs is 1. The van der Waals surface area contributed by atoms with Crippen molar-refractivity contribution >= 4 is 26.8 Å². The lowest BCUT2D eigenvalue weighted by molar-refractivity contribution is 0.0597. The van der Waals surface area contributed by atoms with Gasteiger partial charge < -0.3 is 9.64 Å². The molecule has 1 amide bonds. The van der Waals surface area contributed by atoms with Crippen molar-refractivity contribution in [1.29, 1.82) is 0 Å². The molecule has 0 bridgehead atoms. The largest absolute Gasteiger partial charge is 0.488 e. The number of carbonyl (C=O) groups is 1. The molecule has 0 saturated carbocycles. The Balaban J connectivity index is 1.38. The second-order valence-electron chi connectivity index (χ2n) is 8.05. The Morgan fingerprint density at radius 2 is 1.70 bits per heavy atom. The molecule has 7 nitrogen and oxygen atoms in total.